The van der Waals surface area contributed by atoms with Gasteiger partial charge in [0, 0.05) is 25.8 Å². The second kappa shape index (κ2) is 6.13. The van der Waals surface area contributed by atoms with Gasteiger partial charge in [-0.1, -0.05) is 6.07 Å². The van der Waals surface area contributed by atoms with E-state index in [0.29, 0.717) is 30.0 Å². The second-order valence-corrected chi connectivity index (χ2v) is 4.15. The molecule has 0 spiro atoms. The Bertz CT molecular complexity index is 405. The molecule has 0 amide bonds. The van der Waals surface area contributed by atoms with E-state index < -0.39 is 0 Å². The zero-order valence-electron chi connectivity index (χ0n) is 10.7. The lowest BCUT2D eigenvalue weighted by Gasteiger charge is -2.26. The van der Waals surface area contributed by atoms with E-state index in [2.05, 4.69) is 5.32 Å². The average Bonchev–Trinajstić information content (AvgIpc) is 2.42. The third kappa shape index (κ3) is 2.63. The van der Waals surface area contributed by atoms with Crippen LogP contribution in [0.1, 0.15) is 17.2 Å². The molecular formula is C13H18FNO3. The van der Waals surface area contributed by atoms with Crippen LogP contribution in [0.3, 0.4) is 0 Å². The van der Waals surface area contributed by atoms with E-state index in [1.165, 1.54) is 7.11 Å². The summed E-state index contributed by atoms with van der Waals surface area (Å²) in [5.41, 5.74) is 0.988. The predicted octanol–water partition coefficient (Wildman–Crippen LogP) is 1.64. The Morgan fingerprint density at radius 2 is 2.28 bits per heavy atom. The Morgan fingerprint density at radius 1 is 1.44 bits per heavy atom. The van der Waals surface area contributed by atoms with E-state index in [9.17, 15) is 4.39 Å². The van der Waals surface area contributed by atoms with E-state index in [-0.39, 0.29) is 18.5 Å². The molecule has 100 valence electrons. The van der Waals surface area contributed by atoms with Crippen LogP contribution in [0.5, 0.6) is 5.75 Å². The van der Waals surface area contributed by atoms with Gasteiger partial charge < -0.3 is 19.5 Å². The van der Waals surface area contributed by atoms with Crippen LogP contribution in [0.25, 0.3) is 0 Å². The topological polar surface area (TPSA) is 39.7 Å². The largest absolute Gasteiger partial charge is 0.496 e. The summed E-state index contributed by atoms with van der Waals surface area (Å²) in [7, 11) is 3.08. The van der Waals surface area contributed by atoms with Crippen LogP contribution in [0.4, 0.5) is 4.39 Å². The molecule has 18 heavy (non-hydrogen) atoms. The smallest absolute Gasteiger partial charge is 0.138 e. The van der Waals surface area contributed by atoms with Gasteiger partial charge in [0.1, 0.15) is 17.7 Å². The number of hydrogen-bond acceptors (Lipinski definition) is 4. The molecule has 1 N–H and O–H groups in total. The van der Waals surface area contributed by atoms with Crippen molar-refractivity contribution in [1.29, 1.82) is 0 Å². The number of ether oxygens (including phenoxy) is 3. The Morgan fingerprint density at radius 3 is 2.89 bits per heavy atom. The van der Waals surface area contributed by atoms with Crippen molar-refractivity contribution < 1.29 is 18.6 Å². The highest BCUT2D eigenvalue weighted by molar-refractivity contribution is 5.40. The summed E-state index contributed by atoms with van der Waals surface area (Å²) in [6.45, 7) is 2.19. The minimum absolute atomic E-state index is 0.239. The Kier molecular flexibility index (Phi) is 4.52. The summed E-state index contributed by atoms with van der Waals surface area (Å²) in [5.74, 6) is 0.214. The second-order valence-electron chi connectivity index (χ2n) is 4.15. The van der Waals surface area contributed by atoms with E-state index in [0.717, 1.165) is 6.54 Å². The molecule has 1 aromatic carbocycles. The molecule has 1 fully saturated rings. The summed E-state index contributed by atoms with van der Waals surface area (Å²) in [5, 5.41) is 3.18. The molecule has 1 atom stereocenters. The number of morpholine rings is 1. The van der Waals surface area contributed by atoms with E-state index in [1.807, 2.05) is 0 Å². The predicted molar refractivity (Wildman–Crippen MR) is 65.2 cm³/mol. The molecule has 1 aromatic rings. The number of rotatable bonds is 4. The highest BCUT2D eigenvalue weighted by atomic mass is 19.1. The molecule has 0 aliphatic carbocycles. The molecule has 0 bridgehead atoms. The van der Waals surface area contributed by atoms with Gasteiger partial charge in [0.2, 0.25) is 0 Å². The van der Waals surface area contributed by atoms with Gasteiger partial charge in [0.15, 0.2) is 0 Å². The first-order chi connectivity index (χ1) is 8.77. The van der Waals surface area contributed by atoms with Gasteiger partial charge >= 0.3 is 0 Å². The lowest BCUT2D eigenvalue weighted by atomic mass is 10.0. The minimum atomic E-state index is -0.314. The Hall–Kier alpha value is -1.17. The van der Waals surface area contributed by atoms with Crippen molar-refractivity contribution in [2.24, 2.45) is 0 Å². The fraction of sp³-hybridized carbons (Fsp3) is 0.538. The molecule has 2 rings (SSSR count). The summed E-state index contributed by atoms with van der Waals surface area (Å²) in [6.07, 6.45) is -0.314. The summed E-state index contributed by atoms with van der Waals surface area (Å²) in [4.78, 5) is 0. The first-order valence-electron chi connectivity index (χ1n) is 5.94. The van der Waals surface area contributed by atoms with Crippen molar-refractivity contribution in [2.45, 2.75) is 12.7 Å². The number of benzene rings is 1. The third-order valence-electron chi connectivity index (χ3n) is 2.99. The molecule has 1 aliphatic rings. The standard InChI is InChI=1S/C13H18FNO3/c1-16-8-9-3-4-10(17-2)12(13(9)14)11-7-15-5-6-18-11/h3-4,11,15H,5-8H2,1-2H3. The molecule has 4 nitrogen and oxygen atoms in total. The SMILES string of the molecule is COCc1ccc(OC)c(C2CNCCO2)c1F. The summed E-state index contributed by atoms with van der Waals surface area (Å²) >= 11 is 0. The van der Waals surface area contributed by atoms with Gasteiger partial charge in [-0.05, 0) is 6.07 Å². The minimum Gasteiger partial charge on any atom is -0.496 e. The van der Waals surface area contributed by atoms with Crippen molar-refractivity contribution in [3.05, 3.63) is 29.1 Å². The number of halogens is 1. The molecule has 0 radical (unpaired) electrons. The Balaban J connectivity index is 2.37. The zero-order chi connectivity index (χ0) is 13.0. The van der Waals surface area contributed by atoms with E-state index in [1.54, 1.807) is 19.2 Å². The van der Waals surface area contributed by atoms with Gasteiger partial charge in [-0.3, -0.25) is 0 Å². The van der Waals surface area contributed by atoms with Crippen molar-refractivity contribution in [1.82, 2.24) is 5.32 Å². The van der Waals surface area contributed by atoms with Crippen LogP contribution in [-0.2, 0) is 16.1 Å². The lowest BCUT2D eigenvalue weighted by molar-refractivity contribution is 0.0237. The molecule has 5 heteroatoms. The number of methoxy groups -OCH3 is 2. The highest BCUT2D eigenvalue weighted by Gasteiger charge is 2.25. The zero-order valence-corrected chi connectivity index (χ0v) is 10.7. The van der Waals surface area contributed by atoms with E-state index in [4.69, 9.17) is 14.2 Å². The summed E-state index contributed by atoms with van der Waals surface area (Å²) in [6, 6.07) is 3.43. The van der Waals surface area contributed by atoms with Gasteiger partial charge in [-0.25, -0.2) is 4.39 Å². The van der Waals surface area contributed by atoms with Crippen LogP contribution in [0.2, 0.25) is 0 Å². The normalized spacial score (nSPS) is 19.8. The first-order valence-corrected chi connectivity index (χ1v) is 5.94. The fourth-order valence-electron chi connectivity index (χ4n) is 2.12. The lowest BCUT2D eigenvalue weighted by Crippen LogP contribution is -2.34. The molecule has 1 aliphatic heterocycles. The highest BCUT2D eigenvalue weighted by Crippen LogP contribution is 2.32. The van der Waals surface area contributed by atoms with Gasteiger partial charge in [-0.2, -0.15) is 0 Å². The molecule has 0 aromatic heterocycles. The van der Waals surface area contributed by atoms with Gasteiger partial charge in [0.25, 0.3) is 0 Å². The molecule has 1 unspecified atom stereocenters. The van der Waals surface area contributed by atoms with Crippen molar-refractivity contribution in [3.8, 4) is 5.75 Å². The summed E-state index contributed by atoms with van der Waals surface area (Å²) < 4.78 is 30.2. The van der Waals surface area contributed by atoms with Gasteiger partial charge in [0.05, 0.1) is 25.9 Å². The molecule has 1 heterocycles. The maximum atomic E-state index is 14.4. The van der Waals surface area contributed by atoms with Crippen LogP contribution >= 0.6 is 0 Å². The van der Waals surface area contributed by atoms with Crippen molar-refractivity contribution in [2.75, 3.05) is 33.9 Å². The fourth-order valence-corrected chi connectivity index (χ4v) is 2.12. The first kappa shape index (κ1) is 13.3. The number of nitrogens with one attached hydrogen (secondary N) is 1. The number of hydrogen-bond donors (Lipinski definition) is 1. The van der Waals surface area contributed by atoms with Gasteiger partial charge in [-0.15, -0.1) is 0 Å². The maximum Gasteiger partial charge on any atom is 0.138 e. The monoisotopic (exact) mass is 255 g/mol. The van der Waals surface area contributed by atoms with Crippen LogP contribution < -0.4 is 10.1 Å². The average molecular weight is 255 g/mol. The maximum absolute atomic E-state index is 14.4. The van der Waals surface area contributed by atoms with Crippen LogP contribution in [0, 0.1) is 5.82 Å². The van der Waals surface area contributed by atoms with E-state index >= 15 is 0 Å². The third-order valence-corrected chi connectivity index (χ3v) is 2.99. The molecular weight excluding hydrogens is 237 g/mol. The van der Waals surface area contributed by atoms with Crippen molar-refractivity contribution in [3.63, 3.8) is 0 Å². The quantitative estimate of drug-likeness (QED) is 0.888. The molecule has 0 saturated carbocycles. The van der Waals surface area contributed by atoms with Crippen molar-refractivity contribution >= 4 is 0 Å². The van der Waals surface area contributed by atoms with Crippen LogP contribution in [0.15, 0.2) is 12.1 Å². The van der Waals surface area contributed by atoms with Crippen LogP contribution in [-0.4, -0.2) is 33.9 Å². The molecule has 1 saturated heterocycles. The Labute approximate surface area is 106 Å².